The van der Waals surface area contributed by atoms with Crippen molar-refractivity contribution in [2.45, 2.75) is 12.3 Å². The topological polar surface area (TPSA) is 93.7 Å². The van der Waals surface area contributed by atoms with Crippen molar-refractivity contribution in [2.24, 2.45) is 0 Å². The highest BCUT2D eigenvalue weighted by Gasteiger charge is 2.34. The second-order valence-corrected chi connectivity index (χ2v) is 7.74. The summed E-state index contributed by atoms with van der Waals surface area (Å²) in [5, 5.41) is 12.2. The summed E-state index contributed by atoms with van der Waals surface area (Å²) in [5.41, 5.74) is 1.31. The Bertz CT molecular complexity index is 1050. The summed E-state index contributed by atoms with van der Waals surface area (Å²) in [6.45, 7) is 0.520. The predicted molar refractivity (Wildman–Crippen MR) is 114 cm³/mol. The molecule has 4 rings (SSSR count). The van der Waals surface area contributed by atoms with E-state index in [1.807, 2.05) is 24.3 Å². The third kappa shape index (κ3) is 4.11. The molecule has 1 fully saturated rings. The molecule has 8 nitrogen and oxygen atoms in total. The first kappa shape index (κ1) is 19.8. The molecule has 1 saturated heterocycles. The van der Waals surface area contributed by atoms with Crippen LogP contribution in [0, 0.1) is 0 Å². The van der Waals surface area contributed by atoms with Gasteiger partial charge in [0.05, 0.1) is 14.2 Å². The second-order valence-electron chi connectivity index (χ2n) is 6.73. The van der Waals surface area contributed by atoms with Crippen LogP contribution in [0.5, 0.6) is 11.5 Å². The largest absolute Gasteiger partial charge is 0.497 e. The highest BCUT2D eigenvalue weighted by molar-refractivity contribution is 7.15. The number of benzene rings is 2. The van der Waals surface area contributed by atoms with Crippen LogP contribution >= 0.6 is 11.3 Å². The quantitative estimate of drug-likeness (QED) is 0.652. The number of ether oxygens (including phenoxy) is 2. The fourth-order valence-electron chi connectivity index (χ4n) is 3.25. The molecule has 2 aromatic carbocycles. The number of hydrogen-bond acceptors (Lipinski definition) is 7. The molecule has 9 heteroatoms. The highest BCUT2D eigenvalue weighted by Crippen LogP contribution is 2.34. The van der Waals surface area contributed by atoms with Crippen LogP contribution in [0.25, 0.3) is 0 Å². The van der Waals surface area contributed by atoms with Crippen molar-refractivity contribution in [3.63, 3.8) is 0 Å². The number of hydrogen-bond donors (Lipinski definition) is 1. The molecule has 2 heterocycles. The summed E-state index contributed by atoms with van der Waals surface area (Å²) in [4.78, 5) is 26.6. The van der Waals surface area contributed by atoms with Gasteiger partial charge in [-0.05, 0) is 48.5 Å². The number of carbonyl (C=O) groups is 2. The molecule has 154 valence electrons. The average Bonchev–Trinajstić information content (AvgIpc) is 3.40. The molecule has 0 saturated carbocycles. The Hall–Kier alpha value is -3.46. The van der Waals surface area contributed by atoms with E-state index in [1.54, 1.807) is 43.4 Å². The number of carbonyl (C=O) groups excluding carboxylic acids is 2. The van der Waals surface area contributed by atoms with Crippen LogP contribution in [0.1, 0.15) is 27.7 Å². The van der Waals surface area contributed by atoms with Crippen LogP contribution < -0.4 is 19.7 Å². The lowest BCUT2D eigenvalue weighted by molar-refractivity contribution is -0.117. The van der Waals surface area contributed by atoms with Gasteiger partial charge in [0.15, 0.2) is 0 Å². The Balaban J connectivity index is 1.42. The van der Waals surface area contributed by atoms with Gasteiger partial charge in [-0.1, -0.05) is 11.3 Å². The minimum absolute atomic E-state index is 0.0317. The molecule has 30 heavy (non-hydrogen) atoms. The van der Waals surface area contributed by atoms with E-state index in [-0.39, 0.29) is 17.7 Å². The van der Waals surface area contributed by atoms with Crippen molar-refractivity contribution in [3.8, 4) is 11.5 Å². The summed E-state index contributed by atoms with van der Waals surface area (Å²) in [5.74, 6) is 1.11. The summed E-state index contributed by atoms with van der Waals surface area (Å²) in [6.07, 6.45) is 0.354. The van der Waals surface area contributed by atoms with Gasteiger partial charge in [-0.3, -0.25) is 14.9 Å². The Morgan fingerprint density at radius 1 is 1.03 bits per heavy atom. The Morgan fingerprint density at radius 2 is 1.67 bits per heavy atom. The second kappa shape index (κ2) is 8.50. The first-order valence-corrected chi connectivity index (χ1v) is 10.1. The van der Waals surface area contributed by atoms with Crippen LogP contribution in [0.15, 0.2) is 48.5 Å². The molecule has 3 aromatic rings. The maximum absolute atomic E-state index is 12.5. The molecule has 0 radical (unpaired) electrons. The Kier molecular flexibility index (Phi) is 5.62. The highest BCUT2D eigenvalue weighted by atomic mass is 32.1. The molecule has 0 spiro atoms. The number of anilines is 2. The minimum atomic E-state index is -0.275. The van der Waals surface area contributed by atoms with E-state index in [0.717, 1.165) is 16.4 Å². The first-order chi connectivity index (χ1) is 14.6. The van der Waals surface area contributed by atoms with E-state index < -0.39 is 0 Å². The molecule has 2 amide bonds. The third-order valence-corrected chi connectivity index (χ3v) is 5.87. The molecule has 1 atom stereocenters. The van der Waals surface area contributed by atoms with E-state index in [9.17, 15) is 9.59 Å². The monoisotopic (exact) mass is 424 g/mol. The van der Waals surface area contributed by atoms with Gasteiger partial charge in [0.2, 0.25) is 11.0 Å². The average molecular weight is 424 g/mol. The van der Waals surface area contributed by atoms with Gasteiger partial charge in [-0.15, -0.1) is 10.2 Å². The smallest absolute Gasteiger partial charge is 0.257 e. The lowest BCUT2D eigenvalue weighted by Gasteiger charge is -2.16. The number of nitrogens with zero attached hydrogens (tertiary/aromatic N) is 3. The Labute approximate surface area is 177 Å². The van der Waals surface area contributed by atoms with E-state index >= 15 is 0 Å². The summed E-state index contributed by atoms with van der Waals surface area (Å²) >= 11 is 1.29. The summed E-state index contributed by atoms with van der Waals surface area (Å²) in [7, 11) is 3.17. The van der Waals surface area contributed by atoms with Crippen LogP contribution in [0.4, 0.5) is 10.8 Å². The predicted octanol–water partition coefficient (Wildman–Crippen LogP) is 3.33. The molecular weight excluding hydrogens is 404 g/mol. The van der Waals surface area contributed by atoms with Crippen LogP contribution in [-0.2, 0) is 4.79 Å². The minimum Gasteiger partial charge on any atom is -0.497 e. The maximum atomic E-state index is 12.5. The van der Waals surface area contributed by atoms with Crippen molar-refractivity contribution < 1.29 is 19.1 Å². The number of amides is 2. The van der Waals surface area contributed by atoms with Gasteiger partial charge in [-0.2, -0.15) is 0 Å². The van der Waals surface area contributed by atoms with E-state index in [0.29, 0.717) is 29.4 Å². The van der Waals surface area contributed by atoms with Crippen molar-refractivity contribution in [1.82, 2.24) is 10.2 Å². The van der Waals surface area contributed by atoms with Gasteiger partial charge in [0.1, 0.15) is 16.5 Å². The summed E-state index contributed by atoms with van der Waals surface area (Å²) < 4.78 is 10.3. The van der Waals surface area contributed by atoms with E-state index in [1.165, 1.54) is 11.3 Å². The van der Waals surface area contributed by atoms with Crippen molar-refractivity contribution in [1.29, 1.82) is 0 Å². The van der Waals surface area contributed by atoms with E-state index in [2.05, 4.69) is 15.5 Å². The molecule has 0 unspecified atom stereocenters. The van der Waals surface area contributed by atoms with Crippen LogP contribution in [-0.4, -0.2) is 42.8 Å². The Morgan fingerprint density at radius 3 is 2.30 bits per heavy atom. The first-order valence-electron chi connectivity index (χ1n) is 9.30. The number of nitrogens with one attached hydrogen (secondary N) is 1. The van der Waals surface area contributed by atoms with Crippen molar-refractivity contribution in [2.75, 3.05) is 31.0 Å². The van der Waals surface area contributed by atoms with Crippen LogP contribution in [0.3, 0.4) is 0 Å². The SMILES string of the molecule is COc1ccc(C(=O)Nc2nnc([C@@H]3CC(=O)N(c4ccc(OC)cc4)C3)s2)cc1. The van der Waals surface area contributed by atoms with Gasteiger partial charge >= 0.3 is 0 Å². The molecule has 1 N–H and O–H groups in total. The number of aromatic nitrogens is 2. The fourth-order valence-corrected chi connectivity index (χ4v) is 4.08. The molecule has 1 aliphatic heterocycles. The zero-order valence-electron chi connectivity index (χ0n) is 16.5. The van der Waals surface area contributed by atoms with Crippen molar-refractivity contribution in [3.05, 3.63) is 59.1 Å². The lowest BCUT2D eigenvalue weighted by Crippen LogP contribution is -2.24. The molecule has 1 aliphatic rings. The fraction of sp³-hybridized carbons (Fsp3) is 0.238. The van der Waals surface area contributed by atoms with Crippen molar-refractivity contribution >= 4 is 34.0 Å². The summed E-state index contributed by atoms with van der Waals surface area (Å²) in [6, 6.07) is 14.2. The molecule has 0 bridgehead atoms. The van der Waals surface area contributed by atoms with Gasteiger partial charge in [-0.25, -0.2) is 0 Å². The zero-order valence-corrected chi connectivity index (χ0v) is 17.3. The molecule has 0 aliphatic carbocycles. The maximum Gasteiger partial charge on any atom is 0.257 e. The molecule has 1 aromatic heterocycles. The lowest BCUT2D eigenvalue weighted by atomic mass is 10.1. The van der Waals surface area contributed by atoms with Crippen LogP contribution in [0.2, 0.25) is 0 Å². The molecular formula is C21H20N4O4S. The van der Waals surface area contributed by atoms with Gasteiger partial charge in [0.25, 0.3) is 5.91 Å². The zero-order chi connectivity index (χ0) is 21.1. The number of rotatable bonds is 6. The normalized spacial score (nSPS) is 15.9. The number of methoxy groups -OCH3 is 2. The van der Waals surface area contributed by atoms with Gasteiger partial charge in [0, 0.05) is 30.1 Å². The third-order valence-electron chi connectivity index (χ3n) is 4.87. The van der Waals surface area contributed by atoms with E-state index in [4.69, 9.17) is 9.47 Å². The standard InChI is InChI=1S/C21H20N4O4S/c1-28-16-7-3-13(4-8-16)19(27)22-21-24-23-20(30-21)14-11-18(26)25(12-14)15-5-9-17(29-2)10-6-15/h3-10,14H,11-12H2,1-2H3,(H,22,24,27)/t14-/m1/s1. The van der Waals surface area contributed by atoms with Gasteiger partial charge < -0.3 is 14.4 Å².